The van der Waals surface area contributed by atoms with Crippen molar-refractivity contribution in [3.63, 3.8) is 0 Å². The van der Waals surface area contributed by atoms with Gasteiger partial charge in [-0.05, 0) is 32.1 Å². The molecule has 1 aliphatic heterocycles. The van der Waals surface area contributed by atoms with E-state index in [0.29, 0.717) is 5.92 Å². The summed E-state index contributed by atoms with van der Waals surface area (Å²) in [4.78, 5) is 12.1. The summed E-state index contributed by atoms with van der Waals surface area (Å²) in [6, 6.07) is 0. The van der Waals surface area contributed by atoms with Crippen molar-refractivity contribution in [1.29, 1.82) is 0 Å². The smallest absolute Gasteiger partial charge is 0.312 e. The molecule has 1 heterocycles. The molecule has 0 aromatic rings. The fourth-order valence-electron chi connectivity index (χ4n) is 3.44. The summed E-state index contributed by atoms with van der Waals surface area (Å²) < 4.78 is 5.61. The summed E-state index contributed by atoms with van der Waals surface area (Å²) in [7, 11) is 0. The molecule has 2 nitrogen and oxygen atoms in total. The van der Waals surface area contributed by atoms with E-state index in [-0.39, 0.29) is 17.5 Å². The van der Waals surface area contributed by atoms with Gasteiger partial charge in [0.15, 0.2) is 0 Å². The molecule has 2 heteroatoms. The van der Waals surface area contributed by atoms with Gasteiger partial charge >= 0.3 is 5.97 Å². The molecule has 4 atom stereocenters. The number of carbonyl (C=O) groups is 1. The molecule has 1 saturated heterocycles. The number of unbranched alkanes of at least 4 members (excludes halogenated alkanes) is 1. The summed E-state index contributed by atoms with van der Waals surface area (Å²) in [5, 5.41) is 0. The molecular formula is C14H24O2. The van der Waals surface area contributed by atoms with Crippen LogP contribution in [0.3, 0.4) is 0 Å². The molecule has 2 unspecified atom stereocenters. The van der Waals surface area contributed by atoms with Crippen LogP contribution in [0.5, 0.6) is 0 Å². The summed E-state index contributed by atoms with van der Waals surface area (Å²) in [6.45, 7) is 6.58. The van der Waals surface area contributed by atoms with E-state index in [2.05, 4.69) is 20.8 Å². The second-order valence-corrected chi connectivity index (χ2v) is 5.99. The molecule has 0 radical (unpaired) electrons. The zero-order valence-corrected chi connectivity index (χ0v) is 10.8. The zero-order valence-electron chi connectivity index (χ0n) is 10.8. The third-order valence-electron chi connectivity index (χ3n) is 4.65. The van der Waals surface area contributed by atoms with E-state index in [1.807, 2.05) is 0 Å². The van der Waals surface area contributed by atoms with Crippen molar-refractivity contribution in [2.24, 2.45) is 17.3 Å². The van der Waals surface area contributed by atoms with Crippen LogP contribution in [0.15, 0.2) is 0 Å². The van der Waals surface area contributed by atoms with Crippen molar-refractivity contribution in [3.8, 4) is 0 Å². The number of carbonyl (C=O) groups excluding carboxylic acids is 1. The van der Waals surface area contributed by atoms with Gasteiger partial charge in [0.1, 0.15) is 6.10 Å². The normalized spacial score (nSPS) is 42.9. The minimum atomic E-state index is -0.180. The second-order valence-electron chi connectivity index (χ2n) is 5.99. The van der Waals surface area contributed by atoms with Crippen LogP contribution in [0.2, 0.25) is 0 Å². The molecule has 1 saturated carbocycles. The first-order valence-electron chi connectivity index (χ1n) is 6.79. The fraction of sp³-hybridized carbons (Fsp3) is 0.929. The lowest BCUT2D eigenvalue weighted by atomic mass is 9.66. The highest BCUT2D eigenvalue weighted by molar-refractivity contribution is 5.79. The molecule has 16 heavy (non-hydrogen) atoms. The quantitative estimate of drug-likeness (QED) is 0.685. The Morgan fingerprint density at radius 1 is 1.44 bits per heavy atom. The third-order valence-corrected chi connectivity index (χ3v) is 4.65. The maximum atomic E-state index is 12.1. The van der Waals surface area contributed by atoms with Crippen molar-refractivity contribution in [1.82, 2.24) is 0 Å². The predicted octanol–water partition coefficient (Wildman–Crippen LogP) is 3.54. The largest absolute Gasteiger partial charge is 0.462 e. The van der Waals surface area contributed by atoms with Crippen LogP contribution in [0.25, 0.3) is 0 Å². The van der Waals surface area contributed by atoms with E-state index in [4.69, 9.17) is 4.74 Å². The van der Waals surface area contributed by atoms with E-state index in [9.17, 15) is 4.79 Å². The summed E-state index contributed by atoms with van der Waals surface area (Å²) in [5.41, 5.74) is -0.180. The molecule has 2 aliphatic rings. The molecule has 0 aromatic carbocycles. The maximum absolute atomic E-state index is 12.1. The predicted molar refractivity (Wildman–Crippen MR) is 64.0 cm³/mol. The highest BCUT2D eigenvalue weighted by Gasteiger charge is 2.54. The van der Waals surface area contributed by atoms with Crippen LogP contribution in [-0.2, 0) is 9.53 Å². The van der Waals surface area contributed by atoms with Crippen LogP contribution >= 0.6 is 0 Å². The molecule has 92 valence electrons. The SMILES string of the molecule is CCCCC1(C)C(=O)OC2C[C@H](C)CC[C@H]21. The van der Waals surface area contributed by atoms with Gasteiger partial charge in [0, 0.05) is 5.92 Å². The highest BCUT2D eigenvalue weighted by atomic mass is 16.6. The van der Waals surface area contributed by atoms with E-state index < -0.39 is 0 Å². The third kappa shape index (κ3) is 1.87. The van der Waals surface area contributed by atoms with E-state index in [1.54, 1.807) is 0 Å². The number of ether oxygens (including phenoxy) is 1. The lowest BCUT2D eigenvalue weighted by molar-refractivity contribution is -0.148. The first-order chi connectivity index (χ1) is 7.58. The van der Waals surface area contributed by atoms with E-state index in [1.165, 1.54) is 12.8 Å². The van der Waals surface area contributed by atoms with Gasteiger partial charge in [-0.25, -0.2) is 0 Å². The van der Waals surface area contributed by atoms with Crippen LogP contribution in [0.4, 0.5) is 0 Å². The van der Waals surface area contributed by atoms with Crippen molar-refractivity contribution < 1.29 is 9.53 Å². The lowest BCUT2D eigenvalue weighted by Gasteiger charge is -2.34. The fourth-order valence-corrected chi connectivity index (χ4v) is 3.44. The summed E-state index contributed by atoms with van der Waals surface area (Å²) in [6.07, 6.45) is 7.06. The molecule has 0 bridgehead atoms. The molecule has 2 fully saturated rings. The Bertz CT molecular complexity index is 274. The molecule has 2 rings (SSSR count). The molecule has 0 amide bonds. The standard InChI is InChI=1S/C14H24O2/c1-4-5-8-14(3)11-7-6-10(2)9-12(11)16-13(14)15/h10-12H,4-9H2,1-3H3/t10-,11-,12?,14?/m1/s1. The second kappa shape index (κ2) is 4.38. The van der Waals surface area contributed by atoms with Gasteiger partial charge in [-0.15, -0.1) is 0 Å². The molecule has 0 aromatic heterocycles. The van der Waals surface area contributed by atoms with Crippen molar-refractivity contribution in [2.75, 3.05) is 0 Å². The summed E-state index contributed by atoms with van der Waals surface area (Å²) in [5.74, 6) is 1.29. The van der Waals surface area contributed by atoms with Crippen molar-refractivity contribution in [2.45, 2.75) is 65.4 Å². The Morgan fingerprint density at radius 2 is 2.19 bits per heavy atom. The first-order valence-corrected chi connectivity index (χ1v) is 6.79. The van der Waals surface area contributed by atoms with Crippen LogP contribution in [0, 0.1) is 17.3 Å². The van der Waals surface area contributed by atoms with Crippen molar-refractivity contribution in [3.05, 3.63) is 0 Å². The minimum Gasteiger partial charge on any atom is -0.462 e. The van der Waals surface area contributed by atoms with Gasteiger partial charge in [0.05, 0.1) is 5.41 Å². The molecule has 0 N–H and O–H groups in total. The van der Waals surface area contributed by atoms with Gasteiger partial charge in [-0.3, -0.25) is 4.79 Å². The number of hydrogen-bond donors (Lipinski definition) is 0. The topological polar surface area (TPSA) is 26.3 Å². The van der Waals surface area contributed by atoms with Gasteiger partial charge in [-0.2, -0.15) is 0 Å². The number of esters is 1. The maximum Gasteiger partial charge on any atom is 0.312 e. The molecule has 1 aliphatic carbocycles. The Morgan fingerprint density at radius 3 is 2.88 bits per heavy atom. The van der Waals surface area contributed by atoms with Crippen molar-refractivity contribution >= 4 is 5.97 Å². The average molecular weight is 224 g/mol. The Kier molecular flexibility index (Phi) is 3.27. The van der Waals surface area contributed by atoms with Gasteiger partial charge in [0.25, 0.3) is 0 Å². The Labute approximate surface area is 98.7 Å². The number of fused-ring (bicyclic) bond motifs is 1. The average Bonchev–Trinajstić information content (AvgIpc) is 2.48. The van der Waals surface area contributed by atoms with E-state index in [0.717, 1.165) is 31.6 Å². The van der Waals surface area contributed by atoms with Crippen LogP contribution < -0.4 is 0 Å². The van der Waals surface area contributed by atoms with Crippen LogP contribution in [0.1, 0.15) is 59.3 Å². The van der Waals surface area contributed by atoms with Gasteiger partial charge < -0.3 is 4.74 Å². The lowest BCUT2D eigenvalue weighted by Crippen LogP contribution is -2.35. The molecular weight excluding hydrogens is 200 g/mol. The highest BCUT2D eigenvalue weighted by Crippen LogP contribution is 2.50. The van der Waals surface area contributed by atoms with Gasteiger partial charge in [0.2, 0.25) is 0 Å². The van der Waals surface area contributed by atoms with Crippen LogP contribution in [-0.4, -0.2) is 12.1 Å². The van der Waals surface area contributed by atoms with Gasteiger partial charge in [-0.1, -0.05) is 33.1 Å². The Hall–Kier alpha value is -0.530. The molecule has 0 spiro atoms. The summed E-state index contributed by atoms with van der Waals surface area (Å²) >= 11 is 0. The van der Waals surface area contributed by atoms with E-state index >= 15 is 0 Å². The Balaban J connectivity index is 2.10. The number of rotatable bonds is 3. The monoisotopic (exact) mass is 224 g/mol. The minimum absolute atomic E-state index is 0.0741. The zero-order chi connectivity index (χ0) is 11.8. The first kappa shape index (κ1) is 11.9. The number of hydrogen-bond acceptors (Lipinski definition) is 2.